The number of rotatable bonds is 3. The van der Waals surface area contributed by atoms with Crippen molar-refractivity contribution in [3.05, 3.63) is 0 Å². The van der Waals surface area contributed by atoms with Crippen molar-refractivity contribution in [1.29, 1.82) is 0 Å². The Morgan fingerprint density at radius 1 is 1.44 bits per heavy atom. The van der Waals surface area contributed by atoms with Crippen LogP contribution < -0.4 is 10.0 Å². The minimum Gasteiger partial charge on any atom is -0.465 e. The highest BCUT2D eigenvalue weighted by molar-refractivity contribution is 7.84. The van der Waals surface area contributed by atoms with Gasteiger partial charge < -0.3 is 10.4 Å². The van der Waals surface area contributed by atoms with Gasteiger partial charge in [-0.2, -0.15) is 0 Å². The molecule has 0 bridgehead atoms. The molecule has 0 aliphatic heterocycles. The molecule has 1 fully saturated rings. The van der Waals surface area contributed by atoms with Gasteiger partial charge in [-0.15, -0.1) is 0 Å². The number of carboxylic acid groups (broad SMARTS) is 1. The van der Waals surface area contributed by atoms with Gasteiger partial charge in [0.05, 0.1) is 15.7 Å². The summed E-state index contributed by atoms with van der Waals surface area (Å²) in [6, 6.07) is -0.0213. The lowest BCUT2D eigenvalue weighted by molar-refractivity contribution is 0.150. The van der Waals surface area contributed by atoms with Crippen molar-refractivity contribution in [2.75, 3.05) is 0 Å². The molecule has 3 N–H and O–H groups in total. The van der Waals surface area contributed by atoms with Crippen molar-refractivity contribution in [2.24, 2.45) is 0 Å². The fraction of sp³-hybridized carbons (Fsp3) is 0.900. The molecular weight excluding hydrogens is 228 g/mol. The van der Waals surface area contributed by atoms with Gasteiger partial charge in [-0.1, -0.05) is 0 Å². The molecule has 0 aromatic rings. The van der Waals surface area contributed by atoms with E-state index in [4.69, 9.17) is 5.11 Å². The van der Waals surface area contributed by atoms with E-state index in [0.717, 1.165) is 0 Å². The van der Waals surface area contributed by atoms with Gasteiger partial charge >= 0.3 is 6.09 Å². The van der Waals surface area contributed by atoms with Crippen LogP contribution in [0.2, 0.25) is 0 Å². The Labute approximate surface area is 98.6 Å². The summed E-state index contributed by atoms with van der Waals surface area (Å²) in [5.74, 6) is 0. The van der Waals surface area contributed by atoms with Gasteiger partial charge in [-0.25, -0.2) is 13.7 Å². The average molecular weight is 248 g/mol. The zero-order valence-electron chi connectivity index (χ0n) is 10.2. The predicted molar refractivity (Wildman–Crippen MR) is 63.6 cm³/mol. The minimum atomic E-state index is -1.11. The molecule has 1 unspecified atom stereocenters. The maximum absolute atomic E-state index is 11.9. The molecule has 0 aromatic heterocycles. The highest BCUT2D eigenvalue weighted by Gasteiger charge is 2.43. The van der Waals surface area contributed by atoms with Crippen LogP contribution in [0.4, 0.5) is 4.79 Å². The summed E-state index contributed by atoms with van der Waals surface area (Å²) in [5, 5.41) is 11.0. The van der Waals surface area contributed by atoms with E-state index in [1.54, 1.807) is 0 Å². The molecule has 6 heteroatoms. The van der Waals surface area contributed by atoms with E-state index < -0.39 is 17.1 Å². The molecule has 0 radical (unpaired) electrons. The smallest absolute Gasteiger partial charge is 0.404 e. The van der Waals surface area contributed by atoms with Crippen LogP contribution in [0, 0.1) is 0 Å². The van der Waals surface area contributed by atoms with Crippen LogP contribution in [0.5, 0.6) is 0 Å². The summed E-state index contributed by atoms with van der Waals surface area (Å²) >= 11 is 0. The van der Waals surface area contributed by atoms with Gasteiger partial charge in [-0.05, 0) is 40.5 Å². The fourth-order valence-electron chi connectivity index (χ4n) is 1.76. The highest BCUT2D eigenvalue weighted by atomic mass is 32.2. The molecule has 0 heterocycles. The average Bonchev–Trinajstić information content (AvgIpc) is 1.97. The molecule has 1 aliphatic rings. The minimum absolute atomic E-state index is 0.0213. The third kappa shape index (κ3) is 3.45. The first-order valence-corrected chi connectivity index (χ1v) is 6.46. The van der Waals surface area contributed by atoms with Crippen LogP contribution >= 0.6 is 0 Å². The van der Waals surface area contributed by atoms with Crippen molar-refractivity contribution in [1.82, 2.24) is 10.0 Å². The van der Waals surface area contributed by atoms with Gasteiger partial charge in [-0.3, -0.25) is 0 Å². The first kappa shape index (κ1) is 13.4. The van der Waals surface area contributed by atoms with E-state index >= 15 is 0 Å². The quantitative estimate of drug-likeness (QED) is 0.703. The van der Waals surface area contributed by atoms with Gasteiger partial charge in [0.25, 0.3) is 0 Å². The monoisotopic (exact) mass is 248 g/mol. The molecule has 1 aliphatic carbocycles. The molecule has 1 rings (SSSR count). The Morgan fingerprint density at radius 3 is 2.31 bits per heavy atom. The van der Waals surface area contributed by atoms with Crippen molar-refractivity contribution in [3.63, 3.8) is 0 Å². The lowest BCUT2D eigenvalue weighted by Gasteiger charge is -2.46. The second kappa shape index (κ2) is 4.33. The molecule has 1 atom stereocenters. The lowest BCUT2D eigenvalue weighted by atomic mass is 9.75. The molecule has 0 aromatic carbocycles. The summed E-state index contributed by atoms with van der Waals surface area (Å²) in [5.41, 5.74) is -0.217. The molecular formula is C10H20N2O3S. The summed E-state index contributed by atoms with van der Waals surface area (Å²) in [7, 11) is -1.11. The topological polar surface area (TPSA) is 78.4 Å². The van der Waals surface area contributed by atoms with Gasteiger partial charge in [0.2, 0.25) is 0 Å². The third-order valence-corrected chi connectivity index (χ3v) is 4.41. The maximum atomic E-state index is 11.9. The van der Waals surface area contributed by atoms with E-state index in [1.807, 2.05) is 27.7 Å². The number of carbonyl (C=O) groups is 1. The van der Waals surface area contributed by atoms with Crippen LogP contribution in [0.25, 0.3) is 0 Å². The maximum Gasteiger partial charge on any atom is 0.404 e. The Hall–Kier alpha value is -0.620. The standard InChI is InChI=1S/C10H20N2O3S/c1-9(2,3)16(15)12-10(4)5-7(6-10)11-8(13)14/h7,11-12H,5-6H2,1-4H3,(H,13,14). The van der Waals surface area contributed by atoms with E-state index in [9.17, 15) is 9.00 Å². The second-order valence-corrected chi connectivity index (χ2v) is 7.56. The molecule has 1 amide bonds. The van der Waals surface area contributed by atoms with Crippen LogP contribution in [0.1, 0.15) is 40.5 Å². The Bertz CT molecular complexity index is 306. The molecule has 16 heavy (non-hydrogen) atoms. The normalized spacial score (nSPS) is 31.6. The van der Waals surface area contributed by atoms with Crippen molar-refractivity contribution < 1.29 is 14.1 Å². The summed E-state index contributed by atoms with van der Waals surface area (Å²) < 4.78 is 14.6. The largest absolute Gasteiger partial charge is 0.465 e. The van der Waals surface area contributed by atoms with Crippen molar-refractivity contribution in [2.45, 2.75) is 56.9 Å². The molecule has 1 saturated carbocycles. The van der Waals surface area contributed by atoms with Gasteiger partial charge in [0.15, 0.2) is 0 Å². The van der Waals surface area contributed by atoms with E-state index in [1.165, 1.54) is 0 Å². The van der Waals surface area contributed by atoms with Crippen LogP contribution in [-0.4, -0.2) is 31.7 Å². The summed E-state index contributed by atoms with van der Waals surface area (Å²) in [6.45, 7) is 7.69. The zero-order chi connectivity index (χ0) is 12.6. The lowest BCUT2D eigenvalue weighted by Crippen LogP contribution is -2.62. The van der Waals surface area contributed by atoms with Crippen molar-refractivity contribution >= 4 is 17.1 Å². The van der Waals surface area contributed by atoms with E-state index in [-0.39, 0.29) is 16.3 Å². The number of nitrogens with one attached hydrogen (secondary N) is 2. The Balaban J connectivity index is 2.41. The molecule has 0 spiro atoms. The van der Waals surface area contributed by atoms with Crippen LogP contribution in [0.15, 0.2) is 0 Å². The van der Waals surface area contributed by atoms with E-state index in [2.05, 4.69) is 10.0 Å². The first-order chi connectivity index (χ1) is 7.12. The van der Waals surface area contributed by atoms with E-state index in [0.29, 0.717) is 12.8 Å². The fourth-order valence-corrected chi connectivity index (χ4v) is 2.69. The third-order valence-electron chi connectivity index (χ3n) is 2.62. The van der Waals surface area contributed by atoms with Crippen LogP contribution in [0.3, 0.4) is 0 Å². The van der Waals surface area contributed by atoms with Gasteiger partial charge in [0, 0.05) is 11.6 Å². The number of amides is 1. The Morgan fingerprint density at radius 2 is 1.94 bits per heavy atom. The van der Waals surface area contributed by atoms with Crippen molar-refractivity contribution in [3.8, 4) is 0 Å². The molecule has 0 saturated heterocycles. The Kier molecular flexibility index (Phi) is 3.64. The molecule has 94 valence electrons. The highest BCUT2D eigenvalue weighted by Crippen LogP contribution is 2.33. The van der Waals surface area contributed by atoms with Crippen LogP contribution in [-0.2, 0) is 11.0 Å². The first-order valence-electron chi connectivity index (χ1n) is 5.31. The van der Waals surface area contributed by atoms with Gasteiger partial charge in [0.1, 0.15) is 0 Å². The predicted octanol–water partition coefficient (Wildman–Crippen LogP) is 1.23. The second-order valence-electron chi connectivity index (χ2n) is 5.60. The summed E-state index contributed by atoms with van der Waals surface area (Å²) in [6.07, 6.45) is 0.367. The number of hydrogen-bond donors (Lipinski definition) is 3. The number of hydrogen-bond acceptors (Lipinski definition) is 2. The summed E-state index contributed by atoms with van der Waals surface area (Å²) in [4.78, 5) is 10.4. The zero-order valence-corrected chi connectivity index (χ0v) is 11.0. The SMILES string of the molecule is CC1(NS(=O)C(C)(C)C)CC(NC(=O)O)C1. The molecule has 5 nitrogen and oxygen atoms in total.